The van der Waals surface area contributed by atoms with Gasteiger partial charge in [-0.25, -0.2) is 13.2 Å². The van der Waals surface area contributed by atoms with Gasteiger partial charge < -0.3 is 15.6 Å². The first-order chi connectivity index (χ1) is 9.27. The fraction of sp³-hybridized carbons (Fsp3) is 0.333. The van der Waals surface area contributed by atoms with Crippen molar-refractivity contribution in [3.05, 3.63) is 29.8 Å². The number of amides is 1. The molecule has 0 aliphatic carbocycles. The third-order valence-corrected chi connectivity index (χ3v) is 4.46. The Balaban J connectivity index is 3.00. The summed E-state index contributed by atoms with van der Waals surface area (Å²) in [5.74, 6) is -2.34. The number of rotatable bonds is 6. The predicted octanol–water partition coefficient (Wildman–Crippen LogP) is 0.744. The van der Waals surface area contributed by atoms with E-state index in [4.69, 9.17) is 10.8 Å². The Labute approximate surface area is 116 Å². The summed E-state index contributed by atoms with van der Waals surface area (Å²) in [6.45, 7) is 1.11. The van der Waals surface area contributed by atoms with Gasteiger partial charge in [0, 0.05) is 0 Å². The van der Waals surface area contributed by atoms with Crippen molar-refractivity contribution in [3.63, 3.8) is 0 Å². The zero-order valence-corrected chi connectivity index (χ0v) is 11.6. The van der Waals surface area contributed by atoms with Crippen LogP contribution >= 0.6 is 0 Å². The van der Waals surface area contributed by atoms with Gasteiger partial charge in [0.1, 0.15) is 12.5 Å². The van der Waals surface area contributed by atoms with E-state index in [0.29, 0.717) is 5.56 Å². The van der Waals surface area contributed by atoms with Crippen LogP contribution in [0, 0.1) is 0 Å². The highest BCUT2D eigenvalue weighted by Gasteiger charge is 2.22. The Morgan fingerprint density at radius 2 is 1.85 bits per heavy atom. The van der Waals surface area contributed by atoms with E-state index in [9.17, 15) is 18.0 Å². The maximum absolute atomic E-state index is 11.6. The molecular weight excluding hydrogens is 286 g/mol. The molecule has 8 heteroatoms. The molecule has 0 heterocycles. The Kier molecular flexibility index (Phi) is 5.09. The number of benzene rings is 1. The molecule has 20 heavy (non-hydrogen) atoms. The van der Waals surface area contributed by atoms with E-state index in [-0.39, 0.29) is 10.6 Å². The average Bonchev–Trinajstić information content (AvgIpc) is 2.38. The highest BCUT2D eigenvalue weighted by Crippen LogP contribution is 2.20. The Morgan fingerprint density at radius 3 is 2.25 bits per heavy atom. The van der Waals surface area contributed by atoms with E-state index in [1.807, 2.05) is 0 Å². The number of aliphatic carboxylic acids is 1. The molecule has 0 radical (unpaired) electrons. The van der Waals surface area contributed by atoms with Crippen LogP contribution < -0.4 is 5.73 Å². The first-order valence-electron chi connectivity index (χ1n) is 5.75. The molecule has 0 saturated heterocycles. The van der Waals surface area contributed by atoms with Crippen LogP contribution in [0.3, 0.4) is 0 Å². The number of carbonyl (C=O) groups excluding carboxylic acids is 1. The van der Waals surface area contributed by atoms with Crippen molar-refractivity contribution in [1.82, 2.24) is 0 Å². The largest absolute Gasteiger partial charge is 0.481 e. The highest BCUT2D eigenvalue weighted by atomic mass is 32.2. The molecule has 1 aromatic carbocycles. The molecule has 110 valence electrons. The van der Waals surface area contributed by atoms with Gasteiger partial charge in [0.2, 0.25) is 0 Å². The molecule has 0 saturated carbocycles. The van der Waals surface area contributed by atoms with Crippen LogP contribution in [-0.4, -0.2) is 37.9 Å². The van der Waals surface area contributed by atoms with Crippen molar-refractivity contribution in [2.75, 3.05) is 12.4 Å². The molecule has 1 amide bonds. The van der Waals surface area contributed by atoms with Gasteiger partial charge in [0.25, 0.3) is 0 Å². The van der Waals surface area contributed by atoms with E-state index in [0.717, 1.165) is 0 Å². The highest BCUT2D eigenvalue weighted by molar-refractivity contribution is 7.91. The normalized spacial score (nSPS) is 12.7. The third-order valence-electron chi connectivity index (χ3n) is 2.71. The molecule has 3 N–H and O–H groups in total. The number of carboxylic acids is 1. The lowest BCUT2D eigenvalue weighted by Gasteiger charge is -2.12. The first kappa shape index (κ1) is 16.0. The van der Waals surface area contributed by atoms with Crippen LogP contribution in [0.15, 0.2) is 29.2 Å². The molecule has 0 bridgehead atoms. The first-order valence-corrected chi connectivity index (χ1v) is 7.41. The molecule has 1 atom stereocenters. The Hall–Kier alpha value is -2.09. The number of primary amides is 1. The molecule has 1 aromatic rings. The lowest BCUT2D eigenvalue weighted by atomic mass is 10.0. The minimum atomic E-state index is -3.34. The van der Waals surface area contributed by atoms with Crippen LogP contribution in [0.25, 0.3) is 0 Å². The van der Waals surface area contributed by atoms with Crippen molar-refractivity contribution in [2.24, 2.45) is 5.73 Å². The smallest absolute Gasteiger partial charge is 0.404 e. The summed E-state index contributed by atoms with van der Waals surface area (Å²) >= 11 is 0. The van der Waals surface area contributed by atoms with Gasteiger partial charge in [0.05, 0.1) is 10.6 Å². The second-order valence-corrected chi connectivity index (χ2v) is 6.27. The van der Waals surface area contributed by atoms with E-state index in [2.05, 4.69) is 4.74 Å². The standard InChI is InChI=1S/C12H15NO6S/c1-2-20(17,18)9-5-3-8(4-6-9)10(11(14)15)7-19-12(13)16/h3-6,10H,2,7H2,1H3,(H2,13,16)(H,14,15). The summed E-state index contributed by atoms with van der Waals surface area (Å²) in [7, 11) is -3.34. The van der Waals surface area contributed by atoms with Crippen molar-refractivity contribution in [3.8, 4) is 0 Å². The third kappa shape index (κ3) is 3.95. The van der Waals surface area contributed by atoms with Crippen LogP contribution in [0.2, 0.25) is 0 Å². The zero-order valence-electron chi connectivity index (χ0n) is 10.8. The van der Waals surface area contributed by atoms with Crippen molar-refractivity contribution in [2.45, 2.75) is 17.7 Å². The van der Waals surface area contributed by atoms with Crippen LogP contribution in [0.4, 0.5) is 4.79 Å². The molecule has 0 aromatic heterocycles. The monoisotopic (exact) mass is 301 g/mol. The second-order valence-electron chi connectivity index (χ2n) is 3.99. The zero-order chi connectivity index (χ0) is 15.3. The van der Waals surface area contributed by atoms with E-state index >= 15 is 0 Å². The topological polar surface area (TPSA) is 124 Å². The average molecular weight is 301 g/mol. The van der Waals surface area contributed by atoms with Gasteiger partial charge in [-0.15, -0.1) is 0 Å². The summed E-state index contributed by atoms with van der Waals surface area (Å²) in [4.78, 5) is 21.7. The number of carbonyl (C=O) groups is 2. The van der Waals surface area contributed by atoms with Gasteiger partial charge in [0.15, 0.2) is 9.84 Å². The molecule has 0 fully saturated rings. The Bertz CT molecular complexity index is 593. The maximum atomic E-state index is 11.6. The molecule has 7 nitrogen and oxygen atoms in total. The maximum Gasteiger partial charge on any atom is 0.404 e. The predicted molar refractivity (Wildman–Crippen MR) is 70.1 cm³/mol. The van der Waals surface area contributed by atoms with Gasteiger partial charge in [-0.3, -0.25) is 4.79 Å². The molecule has 1 rings (SSSR count). The van der Waals surface area contributed by atoms with Crippen molar-refractivity contribution >= 4 is 21.9 Å². The number of hydrogen-bond acceptors (Lipinski definition) is 5. The second kappa shape index (κ2) is 6.38. The van der Waals surface area contributed by atoms with Crippen LogP contribution in [0.5, 0.6) is 0 Å². The van der Waals surface area contributed by atoms with Crippen molar-refractivity contribution in [1.29, 1.82) is 0 Å². The fourth-order valence-corrected chi connectivity index (χ4v) is 2.43. The summed E-state index contributed by atoms with van der Waals surface area (Å²) in [6.07, 6.45) is -1.07. The van der Waals surface area contributed by atoms with Gasteiger partial charge in [-0.1, -0.05) is 19.1 Å². The summed E-state index contributed by atoms with van der Waals surface area (Å²) < 4.78 is 27.7. The number of carboxylic acid groups (broad SMARTS) is 1. The molecule has 1 unspecified atom stereocenters. The van der Waals surface area contributed by atoms with Crippen LogP contribution in [0.1, 0.15) is 18.4 Å². The number of sulfone groups is 1. The fourth-order valence-electron chi connectivity index (χ4n) is 1.55. The van der Waals surface area contributed by atoms with Gasteiger partial charge in [-0.2, -0.15) is 0 Å². The molecule has 0 spiro atoms. The molecule has 0 aliphatic rings. The number of nitrogens with two attached hydrogens (primary N) is 1. The SMILES string of the molecule is CCS(=O)(=O)c1ccc(C(COC(N)=O)C(=O)O)cc1. The van der Waals surface area contributed by atoms with E-state index in [1.54, 1.807) is 0 Å². The van der Waals surface area contributed by atoms with E-state index in [1.165, 1.54) is 31.2 Å². The number of hydrogen-bond donors (Lipinski definition) is 2. The summed E-state index contributed by atoms with van der Waals surface area (Å²) in [5.41, 5.74) is 5.11. The summed E-state index contributed by atoms with van der Waals surface area (Å²) in [5, 5.41) is 9.06. The minimum absolute atomic E-state index is 0.0422. The van der Waals surface area contributed by atoms with Crippen LogP contribution in [-0.2, 0) is 19.4 Å². The van der Waals surface area contributed by atoms with Gasteiger partial charge in [-0.05, 0) is 17.7 Å². The molecular formula is C12H15NO6S. The lowest BCUT2D eigenvalue weighted by molar-refractivity contribution is -0.139. The quantitative estimate of drug-likeness (QED) is 0.798. The Morgan fingerprint density at radius 1 is 1.30 bits per heavy atom. The lowest BCUT2D eigenvalue weighted by Crippen LogP contribution is -2.22. The number of ether oxygens (including phenoxy) is 1. The van der Waals surface area contributed by atoms with Crippen molar-refractivity contribution < 1.29 is 27.9 Å². The molecule has 0 aliphatic heterocycles. The van der Waals surface area contributed by atoms with E-state index < -0.39 is 34.4 Å². The summed E-state index contributed by atoms with van der Waals surface area (Å²) in [6, 6.07) is 5.42. The van der Waals surface area contributed by atoms with Gasteiger partial charge >= 0.3 is 12.1 Å². The minimum Gasteiger partial charge on any atom is -0.481 e.